The van der Waals surface area contributed by atoms with Crippen LogP contribution in [0.3, 0.4) is 0 Å². The summed E-state index contributed by atoms with van der Waals surface area (Å²) in [4.78, 5) is 37.0. The third-order valence-electron chi connectivity index (χ3n) is 4.40. The van der Waals surface area contributed by atoms with Crippen LogP contribution in [0.25, 0.3) is 0 Å². The van der Waals surface area contributed by atoms with E-state index in [0.29, 0.717) is 6.42 Å². The molecule has 1 aromatic rings. The first-order valence-electron chi connectivity index (χ1n) is 8.61. The van der Waals surface area contributed by atoms with Crippen LogP contribution in [0.4, 0.5) is 25.0 Å². The van der Waals surface area contributed by atoms with E-state index in [9.17, 15) is 23.2 Å². The molecule has 0 aliphatic carbocycles. The van der Waals surface area contributed by atoms with Gasteiger partial charge >= 0.3 is 6.09 Å². The van der Waals surface area contributed by atoms with E-state index < -0.39 is 23.8 Å². The van der Waals surface area contributed by atoms with E-state index in [1.165, 1.54) is 29.3 Å². The van der Waals surface area contributed by atoms with Gasteiger partial charge in [0.2, 0.25) is 5.91 Å². The molecule has 1 fully saturated rings. The molecule has 144 valence electrons. The van der Waals surface area contributed by atoms with Gasteiger partial charge in [-0.15, -0.1) is 0 Å². The van der Waals surface area contributed by atoms with Crippen LogP contribution < -0.4 is 15.1 Å². The fraction of sp³-hybridized carbons (Fsp3) is 0.389. The monoisotopic (exact) mass is 379 g/mol. The summed E-state index contributed by atoms with van der Waals surface area (Å²) in [5, 5.41) is 2.60. The van der Waals surface area contributed by atoms with Crippen molar-refractivity contribution in [2.75, 3.05) is 29.4 Å². The van der Waals surface area contributed by atoms with Crippen LogP contribution >= 0.6 is 0 Å². The number of cyclic esters (lactones) is 1. The molecule has 3 rings (SSSR count). The molecule has 27 heavy (non-hydrogen) atoms. The Labute approximate surface area is 154 Å². The summed E-state index contributed by atoms with van der Waals surface area (Å²) in [6.45, 7) is 2.03. The van der Waals surface area contributed by atoms with Crippen LogP contribution in [0.15, 0.2) is 24.4 Å². The second-order valence-electron chi connectivity index (χ2n) is 6.23. The van der Waals surface area contributed by atoms with Gasteiger partial charge in [0.15, 0.2) is 17.4 Å². The van der Waals surface area contributed by atoms with Crippen molar-refractivity contribution in [2.45, 2.75) is 25.9 Å². The van der Waals surface area contributed by atoms with E-state index in [0.717, 1.165) is 4.90 Å². The molecular formula is C18H19F2N3O4. The Morgan fingerprint density at radius 2 is 1.96 bits per heavy atom. The van der Waals surface area contributed by atoms with Gasteiger partial charge in [0.1, 0.15) is 6.10 Å². The number of benzene rings is 1. The maximum atomic E-state index is 14.6. The minimum atomic E-state index is -1.17. The molecule has 2 aliphatic rings. The average molecular weight is 379 g/mol. The summed E-state index contributed by atoms with van der Waals surface area (Å²) < 4.78 is 34.3. The quantitative estimate of drug-likeness (QED) is 0.848. The number of nitrogens with zero attached hydrogens (tertiary/aromatic N) is 2. The van der Waals surface area contributed by atoms with Crippen molar-refractivity contribution in [3.63, 3.8) is 0 Å². The minimum Gasteiger partial charge on any atom is -0.442 e. The molecule has 1 aromatic carbocycles. The number of allylic oxidation sites excluding steroid dienone is 1. The molecule has 0 spiro atoms. The molecule has 0 saturated carbocycles. The Morgan fingerprint density at radius 1 is 1.26 bits per heavy atom. The van der Waals surface area contributed by atoms with E-state index in [1.807, 2.05) is 0 Å². The number of hydrogen-bond donors (Lipinski definition) is 1. The van der Waals surface area contributed by atoms with Crippen LogP contribution in [0.2, 0.25) is 0 Å². The smallest absolute Gasteiger partial charge is 0.414 e. The van der Waals surface area contributed by atoms with Gasteiger partial charge in [0.25, 0.3) is 0 Å². The first-order chi connectivity index (χ1) is 12.9. The summed E-state index contributed by atoms with van der Waals surface area (Å²) >= 11 is 0. The Morgan fingerprint density at radius 3 is 2.63 bits per heavy atom. The molecular weight excluding hydrogens is 360 g/mol. The highest BCUT2D eigenvalue weighted by molar-refractivity contribution is 5.92. The van der Waals surface area contributed by atoms with Crippen LogP contribution in [0.1, 0.15) is 19.8 Å². The second-order valence-corrected chi connectivity index (χ2v) is 6.23. The van der Waals surface area contributed by atoms with Gasteiger partial charge in [-0.05, 0) is 18.2 Å². The summed E-state index contributed by atoms with van der Waals surface area (Å²) in [5.41, 5.74) is -0.248. The fourth-order valence-corrected chi connectivity index (χ4v) is 2.90. The molecule has 9 heteroatoms. The lowest BCUT2D eigenvalue weighted by Crippen LogP contribution is -2.34. The Kier molecular flexibility index (Phi) is 5.38. The van der Waals surface area contributed by atoms with E-state index in [2.05, 4.69) is 5.32 Å². The fourth-order valence-electron chi connectivity index (χ4n) is 2.90. The number of carbonyl (C=O) groups excluding carboxylic acids is 3. The third kappa shape index (κ3) is 3.91. The van der Waals surface area contributed by atoms with Gasteiger partial charge in [0, 0.05) is 25.6 Å². The molecule has 1 unspecified atom stereocenters. The van der Waals surface area contributed by atoms with Gasteiger partial charge in [-0.25, -0.2) is 13.6 Å². The van der Waals surface area contributed by atoms with Crippen molar-refractivity contribution in [1.82, 2.24) is 5.32 Å². The summed E-state index contributed by atoms with van der Waals surface area (Å²) in [6, 6.07) is 2.65. The average Bonchev–Trinajstić information content (AvgIpc) is 3.03. The highest BCUT2D eigenvalue weighted by Crippen LogP contribution is 2.32. The van der Waals surface area contributed by atoms with Crippen LogP contribution in [0.5, 0.6) is 0 Å². The van der Waals surface area contributed by atoms with Crippen molar-refractivity contribution in [2.24, 2.45) is 0 Å². The number of halogens is 2. The van der Waals surface area contributed by atoms with Crippen molar-refractivity contribution in [1.29, 1.82) is 0 Å². The number of amides is 2. The normalized spacial score (nSPS) is 19.4. The topological polar surface area (TPSA) is 79.0 Å². The van der Waals surface area contributed by atoms with Crippen molar-refractivity contribution in [3.8, 4) is 0 Å². The lowest BCUT2D eigenvalue weighted by Gasteiger charge is -2.24. The molecule has 0 aromatic heterocycles. The minimum absolute atomic E-state index is 0.00332. The first-order valence-corrected chi connectivity index (χ1v) is 8.61. The number of ketones is 1. The zero-order valence-corrected chi connectivity index (χ0v) is 14.7. The largest absolute Gasteiger partial charge is 0.442 e. The van der Waals surface area contributed by atoms with Gasteiger partial charge in [-0.2, -0.15) is 0 Å². The number of ether oxygens (including phenoxy) is 1. The lowest BCUT2D eigenvalue weighted by atomic mass is 10.1. The van der Waals surface area contributed by atoms with Gasteiger partial charge < -0.3 is 15.0 Å². The Balaban J connectivity index is 1.76. The van der Waals surface area contributed by atoms with E-state index >= 15 is 0 Å². The summed E-state index contributed by atoms with van der Waals surface area (Å²) in [7, 11) is 0. The van der Waals surface area contributed by atoms with Gasteiger partial charge in [-0.1, -0.05) is 6.92 Å². The van der Waals surface area contributed by atoms with Gasteiger partial charge in [0.05, 0.1) is 24.5 Å². The number of rotatable bonds is 5. The molecule has 2 heterocycles. The van der Waals surface area contributed by atoms with Crippen LogP contribution in [-0.4, -0.2) is 43.5 Å². The molecule has 1 saturated heterocycles. The van der Waals surface area contributed by atoms with Gasteiger partial charge in [-0.3, -0.25) is 14.5 Å². The van der Waals surface area contributed by atoms with E-state index in [-0.39, 0.29) is 49.1 Å². The molecule has 2 aliphatic heterocycles. The number of carbonyl (C=O) groups is 3. The molecule has 0 bridgehead atoms. The van der Waals surface area contributed by atoms with E-state index in [4.69, 9.17) is 4.74 Å². The number of anilines is 2. The van der Waals surface area contributed by atoms with Crippen LogP contribution in [-0.2, 0) is 14.3 Å². The van der Waals surface area contributed by atoms with E-state index in [1.54, 1.807) is 6.92 Å². The second kappa shape index (κ2) is 7.73. The SMILES string of the molecule is CCC(=O)NCC1CN(c2ccc(N3C=CC(=O)CC3)c(F)c2F)C(=O)O1. The number of hydrogen-bond acceptors (Lipinski definition) is 5. The zero-order chi connectivity index (χ0) is 19.6. The third-order valence-corrected chi connectivity index (χ3v) is 4.40. The Bertz CT molecular complexity index is 812. The van der Waals surface area contributed by atoms with Crippen molar-refractivity contribution >= 4 is 29.2 Å². The van der Waals surface area contributed by atoms with Crippen LogP contribution in [0, 0.1) is 11.6 Å². The highest BCUT2D eigenvalue weighted by Gasteiger charge is 2.35. The lowest BCUT2D eigenvalue weighted by molar-refractivity contribution is -0.121. The van der Waals surface area contributed by atoms with Crippen molar-refractivity contribution < 1.29 is 27.9 Å². The standard InChI is InChI=1S/C18H19F2N3O4/c1-2-15(25)21-9-12-10-23(18(26)27-12)14-4-3-13(16(19)17(14)20)22-7-5-11(24)6-8-22/h3-5,7,12H,2,6,8-10H2,1H3,(H,21,25). The zero-order valence-electron chi connectivity index (χ0n) is 14.7. The summed E-state index contributed by atoms with van der Waals surface area (Å²) in [5.74, 6) is -2.56. The molecule has 7 nitrogen and oxygen atoms in total. The molecule has 1 N–H and O–H groups in total. The van der Waals surface area contributed by atoms with Crippen molar-refractivity contribution in [3.05, 3.63) is 36.0 Å². The maximum absolute atomic E-state index is 14.6. The maximum Gasteiger partial charge on any atom is 0.414 e. The highest BCUT2D eigenvalue weighted by atomic mass is 19.2. The number of nitrogens with one attached hydrogen (secondary N) is 1. The predicted octanol–water partition coefficient (Wildman–Crippen LogP) is 2.11. The predicted molar refractivity (Wildman–Crippen MR) is 93.4 cm³/mol. The Hall–Kier alpha value is -2.97. The molecule has 0 radical (unpaired) electrons. The first kappa shape index (κ1) is 18.8. The molecule has 1 atom stereocenters. The summed E-state index contributed by atoms with van der Waals surface area (Å²) in [6.07, 6.45) is 1.76. The molecule has 2 amide bonds.